The first-order chi connectivity index (χ1) is 13.9. The number of hydrogen-bond acceptors (Lipinski definition) is 5. The predicted octanol–water partition coefficient (Wildman–Crippen LogP) is 1.99. The molecule has 2 fully saturated rings. The summed E-state index contributed by atoms with van der Waals surface area (Å²) in [5.74, 6) is 0.706. The molecular formula is C19H28N6O3S. The molecule has 1 amide bonds. The fourth-order valence-corrected chi connectivity index (χ4v) is 5.72. The first-order valence-corrected chi connectivity index (χ1v) is 11.7. The van der Waals surface area contributed by atoms with Gasteiger partial charge < -0.3 is 14.5 Å². The van der Waals surface area contributed by atoms with Gasteiger partial charge in [-0.2, -0.15) is 4.31 Å². The molecule has 9 nitrogen and oxygen atoms in total. The SMILES string of the molecule is CC(C)n1cnnc1C1CCCN(S(=O)(=O)c2c[nH]c(C(=O)N3CCCC3)c2)C1. The van der Waals surface area contributed by atoms with E-state index in [1.807, 2.05) is 4.57 Å². The standard InChI is InChI=1S/C19H28N6O3S/c1-14(2)25-13-21-22-18(25)15-6-5-9-24(12-15)29(27,28)16-10-17(20-11-16)19(26)23-7-3-4-8-23/h10-11,13-15,20H,3-9,12H2,1-2H3. The number of aromatic nitrogens is 4. The summed E-state index contributed by atoms with van der Waals surface area (Å²) in [6, 6.07) is 1.69. The molecule has 0 aliphatic carbocycles. The summed E-state index contributed by atoms with van der Waals surface area (Å²) in [5, 5.41) is 8.28. The fourth-order valence-electron chi connectivity index (χ4n) is 4.20. The summed E-state index contributed by atoms with van der Waals surface area (Å²) in [5.41, 5.74) is 0.332. The average molecular weight is 421 g/mol. The van der Waals surface area contributed by atoms with Gasteiger partial charge in [-0.3, -0.25) is 4.79 Å². The lowest BCUT2D eigenvalue weighted by Crippen LogP contribution is -2.39. The van der Waals surface area contributed by atoms with Crippen LogP contribution in [0, 0.1) is 0 Å². The third kappa shape index (κ3) is 3.83. The average Bonchev–Trinajstić information content (AvgIpc) is 3.49. The molecule has 0 radical (unpaired) electrons. The van der Waals surface area contributed by atoms with Gasteiger partial charge >= 0.3 is 0 Å². The van der Waals surface area contributed by atoms with Gasteiger partial charge in [0, 0.05) is 44.3 Å². The van der Waals surface area contributed by atoms with Crippen molar-refractivity contribution in [3.63, 3.8) is 0 Å². The Bertz CT molecular complexity index is 974. The van der Waals surface area contributed by atoms with Crippen molar-refractivity contribution in [1.29, 1.82) is 0 Å². The van der Waals surface area contributed by atoms with E-state index in [0.29, 0.717) is 18.8 Å². The van der Waals surface area contributed by atoms with Crippen molar-refractivity contribution in [1.82, 2.24) is 29.0 Å². The molecule has 2 saturated heterocycles. The normalized spacial score (nSPS) is 21.2. The van der Waals surface area contributed by atoms with Crippen LogP contribution in [0.3, 0.4) is 0 Å². The summed E-state index contributed by atoms with van der Waals surface area (Å²) < 4.78 is 29.9. The maximum absolute atomic E-state index is 13.2. The molecule has 4 heterocycles. The predicted molar refractivity (Wildman–Crippen MR) is 107 cm³/mol. The van der Waals surface area contributed by atoms with E-state index in [-0.39, 0.29) is 22.8 Å². The minimum atomic E-state index is -3.68. The van der Waals surface area contributed by atoms with Crippen LogP contribution in [0.1, 0.15) is 67.8 Å². The zero-order valence-electron chi connectivity index (χ0n) is 16.9. The third-order valence-electron chi connectivity index (χ3n) is 5.82. The highest BCUT2D eigenvalue weighted by atomic mass is 32.2. The van der Waals surface area contributed by atoms with Gasteiger partial charge in [-0.25, -0.2) is 8.42 Å². The van der Waals surface area contributed by atoms with Crippen molar-refractivity contribution >= 4 is 15.9 Å². The first kappa shape index (κ1) is 20.1. The lowest BCUT2D eigenvalue weighted by Gasteiger charge is -2.31. The number of rotatable bonds is 5. The van der Waals surface area contributed by atoms with Crippen molar-refractivity contribution in [2.45, 2.75) is 56.4 Å². The summed E-state index contributed by atoms with van der Waals surface area (Å²) in [7, 11) is -3.68. The van der Waals surface area contributed by atoms with Crippen molar-refractivity contribution < 1.29 is 13.2 Å². The number of nitrogens with zero attached hydrogens (tertiary/aromatic N) is 5. The second kappa shape index (κ2) is 7.91. The van der Waals surface area contributed by atoms with Crippen molar-refractivity contribution in [3.8, 4) is 0 Å². The largest absolute Gasteiger partial charge is 0.356 e. The number of carbonyl (C=O) groups excluding carboxylic acids is 1. The van der Waals surface area contributed by atoms with E-state index in [2.05, 4.69) is 29.0 Å². The quantitative estimate of drug-likeness (QED) is 0.797. The Hall–Kier alpha value is -2.20. The van der Waals surface area contributed by atoms with E-state index in [1.54, 1.807) is 11.2 Å². The Kier molecular flexibility index (Phi) is 5.48. The van der Waals surface area contributed by atoms with Gasteiger partial charge in [-0.15, -0.1) is 10.2 Å². The Labute approximate surface area is 171 Å². The van der Waals surface area contributed by atoms with Gasteiger partial charge in [0.1, 0.15) is 22.7 Å². The number of H-pyrrole nitrogens is 1. The number of nitrogens with one attached hydrogen (secondary N) is 1. The van der Waals surface area contributed by atoms with E-state index in [0.717, 1.165) is 44.6 Å². The number of piperidine rings is 1. The molecule has 0 spiro atoms. The smallest absolute Gasteiger partial charge is 0.270 e. The highest BCUT2D eigenvalue weighted by Crippen LogP contribution is 2.30. The van der Waals surface area contributed by atoms with Crippen LogP contribution in [0.5, 0.6) is 0 Å². The second-order valence-electron chi connectivity index (χ2n) is 8.14. The van der Waals surface area contributed by atoms with Crippen LogP contribution >= 0.6 is 0 Å². The maximum atomic E-state index is 13.2. The number of likely N-dealkylation sites (tertiary alicyclic amines) is 1. The van der Waals surface area contributed by atoms with Crippen LogP contribution in [0.15, 0.2) is 23.5 Å². The van der Waals surface area contributed by atoms with Crippen molar-refractivity contribution in [2.24, 2.45) is 0 Å². The minimum absolute atomic E-state index is 0.00747. The van der Waals surface area contributed by atoms with E-state index in [4.69, 9.17) is 0 Å². The van der Waals surface area contributed by atoms with Crippen LogP contribution in [0.2, 0.25) is 0 Å². The van der Waals surface area contributed by atoms with Gasteiger partial charge in [-0.1, -0.05) is 0 Å². The molecule has 158 valence electrons. The van der Waals surface area contributed by atoms with E-state index < -0.39 is 10.0 Å². The molecule has 0 bridgehead atoms. The van der Waals surface area contributed by atoms with Gasteiger partial charge in [0.2, 0.25) is 10.0 Å². The molecule has 29 heavy (non-hydrogen) atoms. The Morgan fingerprint density at radius 3 is 2.69 bits per heavy atom. The van der Waals surface area contributed by atoms with Crippen LogP contribution in [0.4, 0.5) is 0 Å². The zero-order valence-corrected chi connectivity index (χ0v) is 17.7. The zero-order chi connectivity index (χ0) is 20.6. The molecule has 0 aromatic carbocycles. The lowest BCUT2D eigenvalue weighted by molar-refractivity contribution is 0.0787. The highest BCUT2D eigenvalue weighted by Gasteiger charge is 2.34. The maximum Gasteiger partial charge on any atom is 0.270 e. The molecule has 2 aliphatic heterocycles. The van der Waals surface area contributed by atoms with E-state index >= 15 is 0 Å². The molecule has 10 heteroatoms. The summed E-state index contributed by atoms with van der Waals surface area (Å²) in [4.78, 5) is 17.3. The monoisotopic (exact) mass is 420 g/mol. The van der Waals surface area contributed by atoms with Crippen LogP contribution < -0.4 is 0 Å². The minimum Gasteiger partial charge on any atom is -0.356 e. The molecule has 2 aromatic rings. The van der Waals surface area contributed by atoms with E-state index in [9.17, 15) is 13.2 Å². The van der Waals surface area contributed by atoms with Gasteiger partial charge in [0.25, 0.3) is 5.91 Å². The molecule has 2 aliphatic rings. The Balaban J connectivity index is 1.53. The van der Waals surface area contributed by atoms with Crippen molar-refractivity contribution in [2.75, 3.05) is 26.2 Å². The third-order valence-corrected chi connectivity index (χ3v) is 7.67. The van der Waals surface area contributed by atoms with Gasteiger partial charge in [0.05, 0.1) is 0 Å². The fraction of sp³-hybridized carbons (Fsp3) is 0.632. The van der Waals surface area contributed by atoms with Gasteiger partial charge in [0.15, 0.2) is 0 Å². The molecule has 4 rings (SSSR count). The van der Waals surface area contributed by atoms with Crippen LogP contribution in [0.25, 0.3) is 0 Å². The number of carbonyl (C=O) groups is 1. The molecule has 1 N–H and O–H groups in total. The lowest BCUT2D eigenvalue weighted by atomic mass is 9.98. The summed E-state index contributed by atoms with van der Waals surface area (Å²) in [6.07, 6.45) is 6.76. The second-order valence-corrected chi connectivity index (χ2v) is 10.1. The van der Waals surface area contributed by atoms with Crippen LogP contribution in [-0.2, 0) is 10.0 Å². The Morgan fingerprint density at radius 2 is 1.97 bits per heavy atom. The van der Waals surface area contributed by atoms with E-state index in [1.165, 1.54) is 16.6 Å². The van der Waals surface area contributed by atoms with Crippen LogP contribution in [-0.4, -0.2) is 69.5 Å². The number of sulfonamides is 1. The molecular weight excluding hydrogens is 392 g/mol. The highest BCUT2D eigenvalue weighted by molar-refractivity contribution is 7.89. The molecule has 2 aromatic heterocycles. The first-order valence-electron chi connectivity index (χ1n) is 10.2. The molecule has 1 atom stereocenters. The summed E-state index contributed by atoms with van der Waals surface area (Å²) in [6.45, 7) is 6.41. The molecule has 1 unspecified atom stereocenters. The number of aromatic amines is 1. The van der Waals surface area contributed by atoms with Gasteiger partial charge in [-0.05, 0) is 45.6 Å². The van der Waals surface area contributed by atoms with Crippen molar-refractivity contribution in [3.05, 3.63) is 30.1 Å². The number of amides is 1. The topological polar surface area (TPSA) is 104 Å². The Morgan fingerprint density at radius 1 is 1.21 bits per heavy atom. The number of hydrogen-bond donors (Lipinski definition) is 1. The summed E-state index contributed by atoms with van der Waals surface area (Å²) >= 11 is 0. The molecule has 0 saturated carbocycles.